The quantitative estimate of drug-likeness (QED) is 0.723. The molecule has 2 heterocycles. The number of benzene rings is 1. The lowest BCUT2D eigenvalue weighted by molar-refractivity contribution is 0.389. The Labute approximate surface area is 143 Å². The molecule has 0 saturated heterocycles. The van der Waals surface area contributed by atoms with Crippen LogP contribution in [0.2, 0.25) is 0 Å². The van der Waals surface area contributed by atoms with Crippen molar-refractivity contribution in [3.05, 3.63) is 35.7 Å². The van der Waals surface area contributed by atoms with Crippen LogP contribution in [0.1, 0.15) is 13.3 Å². The SMILES string of the molecule is CCCS(=O)(=O)Nc1cc(-c2cnc3sccn23)cc(F)c1OC. The number of methoxy groups -OCH3 is 1. The Morgan fingerprint density at radius 3 is 2.92 bits per heavy atom. The smallest absolute Gasteiger partial charge is 0.232 e. The number of rotatable bonds is 6. The maximum Gasteiger partial charge on any atom is 0.232 e. The number of halogens is 1. The molecule has 9 heteroatoms. The van der Waals surface area contributed by atoms with Crippen molar-refractivity contribution in [3.8, 4) is 17.0 Å². The lowest BCUT2D eigenvalue weighted by Gasteiger charge is -2.14. The predicted octanol–water partition coefficient (Wildman–Crippen LogP) is 3.36. The molecule has 0 amide bonds. The Balaban J connectivity index is 2.11. The van der Waals surface area contributed by atoms with Crippen molar-refractivity contribution in [2.45, 2.75) is 13.3 Å². The van der Waals surface area contributed by atoms with Crippen LogP contribution < -0.4 is 9.46 Å². The summed E-state index contributed by atoms with van der Waals surface area (Å²) in [4.78, 5) is 5.02. The van der Waals surface area contributed by atoms with Crippen LogP contribution in [0.3, 0.4) is 0 Å². The lowest BCUT2D eigenvalue weighted by Crippen LogP contribution is -2.17. The van der Waals surface area contributed by atoms with Gasteiger partial charge in [0.1, 0.15) is 0 Å². The Bertz CT molecular complexity index is 979. The summed E-state index contributed by atoms with van der Waals surface area (Å²) in [5.41, 5.74) is 1.25. The molecule has 0 radical (unpaired) electrons. The molecular weight excluding hydrogens is 353 g/mol. The van der Waals surface area contributed by atoms with Gasteiger partial charge in [-0.25, -0.2) is 17.8 Å². The van der Waals surface area contributed by atoms with Crippen molar-refractivity contribution in [1.29, 1.82) is 0 Å². The topological polar surface area (TPSA) is 72.7 Å². The fraction of sp³-hybridized carbons (Fsp3) is 0.267. The van der Waals surface area contributed by atoms with Crippen LogP contribution >= 0.6 is 11.3 Å². The Kier molecular flexibility index (Phi) is 4.46. The van der Waals surface area contributed by atoms with Gasteiger partial charge in [-0.1, -0.05) is 6.92 Å². The van der Waals surface area contributed by atoms with Crippen LogP contribution in [-0.2, 0) is 10.0 Å². The van der Waals surface area contributed by atoms with Crippen molar-refractivity contribution in [2.75, 3.05) is 17.6 Å². The summed E-state index contributed by atoms with van der Waals surface area (Å²) < 4.78 is 47.7. The van der Waals surface area contributed by atoms with Crippen LogP contribution in [0.25, 0.3) is 16.2 Å². The summed E-state index contributed by atoms with van der Waals surface area (Å²) in [7, 11) is -2.27. The second-order valence-corrected chi connectivity index (χ2v) is 7.87. The van der Waals surface area contributed by atoms with Gasteiger partial charge in [0.2, 0.25) is 10.0 Å². The first kappa shape index (κ1) is 16.7. The van der Waals surface area contributed by atoms with E-state index in [0.717, 1.165) is 4.96 Å². The van der Waals surface area contributed by atoms with E-state index in [1.165, 1.54) is 24.5 Å². The van der Waals surface area contributed by atoms with Crippen molar-refractivity contribution in [2.24, 2.45) is 0 Å². The first-order valence-electron chi connectivity index (χ1n) is 7.24. The zero-order valence-electron chi connectivity index (χ0n) is 13.1. The van der Waals surface area contributed by atoms with E-state index in [9.17, 15) is 12.8 Å². The number of aromatic nitrogens is 2. The number of anilines is 1. The highest BCUT2D eigenvalue weighted by Gasteiger charge is 2.19. The first-order valence-corrected chi connectivity index (χ1v) is 9.77. The highest BCUT2D eigenvalue weighted by molar-refractivity contribution is 7.92. The van der Waals surface area contributed by atoms with Crippen LogP contribution in [0.15, 0.2) is 29.9 Å². The number of hydrogen-bond acceptors (Lipinski definition) is 5. The summed E-state index contributed by atoms with van der Waals surface area (Å²) >= 11 is 1.46. The number of nitrogens with zero attached hydrogens (tertiary/aromatic N) is 2. The van der Waals surface area contributed by atoms with E-state index in [1.54, 1.807) is 19.2 Å². The van der Waals surface area contributed by atoms with E-state index in [2.05, 4.69) is 9.71 Å². The molecule has 2 aromatic heterocycles. The van der Waals surface area contributed by atoms with Gasteiger partial charge in [-0.15, -0.1) is 11.3 Å². The predicted molar refractivity (Wildman–Crippen MR) is 92.7 cm³/mol. The molecule has 24 heavy (non-hydrogen) atoms. The number of hydrogen-bond donors (Lipinski definition) is 1. The number of nitrogens with one attached hydrogen (secondary N) is 1. The third kappa shape index (κ3) is 3.09. The summed E-state index contributed by atoms with van der Waals surface area (Å²) in [5.74, 6) is -0.831. The van der Waals surface area contributed by atoms with Crippen LogP contribution in [0.5, 0.6) is 5.75 Å². The van der Waals surface area contributed by atoms with E-state index >= 15 is 0 Å². The van der Waals surface area contributed by atoms with E-state index in [-0.39, 0.29) is 17.2 Å². The van der Waals surface area contributed by atoms with Crippen molar-refractivity contribution in [3.63, 3.8) is 0 Å². The average Bonchev–Trinajstić information content (AvgIpc) is 3.08. The Morgan fingerprint density at radius 1 is 1.42 bits per heavy atom. The third-order valence-electron chi connectivity index (χ3n) is 3.43. The van der Waals surface area contributed by atoms with Gasteiger partial charge in [0.05, 0.1) is 30.4 Å². The molecule has 0 fully saturated rings. The summed E-state index contributed by atoms with van der Waals surface area (Å²) in [6.07, 6.45) is 3.90. The lowest BCUT2D eigenvalue weighted by atomic mass is 10.1. The molecule has 0 aliphatic rings. The number of thiazole rings is 1. The van der Waals surface area contributed by atoms with E-state index in [0.29, 0.717) is 17.7 Å². The summed E-state index contributed by atoms with van der Waals surface area (Å²) in [6.45, 7) is 1.76. The zero-order chi connectivity index (χ0) is 17.3. The standard InChI is InChI=1S/C15H16FN3O3S2/c1-3-6-24(20,21)18-12-8-10(7-11(16)14(12)22-2)13-9-17-15-19(13)4-5-23-15/h4-5,7-9,18H,3,6H2,1-2H3. The van der Waals surface area contributed by atoms with Gasteiger partial charge >= 0.3 is 0 Å². The maximum atomic E-state index is 14.4. The van der Waals surface area contributed by atoms with Crippen LogP contribution in [-0.4, -0.2) is 30.7 Å². The minimum absolute atomic E-state index is 0.0521. The highest BCUT2D eigenvalue weighted by Crippen LogP contribution is 2.35. The second-order valence-electron chi connectivity index (χ2n) is 5.16. The second kappa shape index (κ2) is 6.40. The molecule has 0 atom stereocenters. The van der Waals surface area contributed by atoms with E-state index < -0.39 is 15.8 Å². The summed E-state index contributed by atoms with van der Waals surface area (Å²) in [5, 5.41) is 1.87. The molecule has 0 unspecified atom stereocenters. The largest absolute Gasteiger partial charge is 0.492 e. The summed E-state index contributed by atoms with van der Waals surface area (Å²) in [6, 6.07) is 2.85. The van der Waals surface area contributed by atoms with Gasteiger partial charge in [-0.05, 0) is 18.6 Å². The number of fused-ring (bicyclic) bond motifs is 1. The normalized spacial score (nSPS) is 11.8. The fourth-order valence-electron chi connectivity index (χ4n) is 2.45. The molecule has 0 aliphatic carbocycles. The van der Waals surface area contributed by atoms with Gasteiger partial charge in [0.25, 0.3) is 0 Å². The molecule has 0 bridgehead atoms. The average molecular weight is 369 g/mol. The highest BCUT2D eigenvalue weighted by atomic mass is 32.2. The third-order valence-corrected chi connectivity index (χ3v) is 5.68. The van der Waals surface area contributed by atoms with Gasteiger partial charge in [0, 0.05) is 17.1 Å². The molecule has 6 nitrogen and oxygen atoms in total. The monoisotopic (exact) mass is 369 g/mol. The molecule has 0 spiro atoms. The van der Waals surface area contributed by atoms with Crippen LogP contribution in [0, 0.1) is 5.82 Å². The molecule has 0 saturated carbocycles. The van der Waals surface area contributed by atoms with E-state index in [4.69, 9.17) is 4.74 Å². The molecule has 1 N–H and O–H groups in total. The number of imidazole rings is 1. The fourth-order valence-corrected chi connectivity index (χ4v) is 4.27. The van der Waals surface area contributed by atoms with Gasteiger partial charge in [-0.2, -0.15) is 0 Å². The molecule has 3 rings (SSSR count). The molecule has 0 aliphatic heterocycles. The Morgan fingerprint density at radius 2 is 2.21 bits per heavy atom. The van der Waals surface area contributed by atoms with E-state index in [1.807, 2.05) is 16.0 Å². The van der Waals surface area contributed by atoms with Gasteiger partial charge in [0.15, 0.2) is 16.5 Å². The maximum absolute atomic E-state index is 14.4. The number of ether oxygens (including phenoxy) is 1. The van der Waals surface area contributed by atoms with Crippen molar-refractivity contribution >= 4 is 32.0 Å². The number of sulfonamides is 1. The molecular formula is C15H16FN3O3S2. The Hall–Kier alpha value is -2.13. The van der Waals surface area contributed by atoms with Crippen molar-refractivity contribution in [1.82, 2.24) is 9.38 Å². The minimum Gasteiger partial charge on any atom is -0.492 e. The molecule has 3 aromatic rings. The minimum atomic E-state index is -3.57. The van der Waals surface area contributed by atoms with Crippen molar-refractivity contribution < 1.29 is 17.5 Å². The van der Waals surface area contributed by atoms with Gasteiger partial charge in [-0.3, -0.25) is 9.12 Å². The molecule has 1 aromatic carbocycles. The van der Waals surface area contributed by atoms with Crippen LogP contribution in [0.4, 0.5) is 10.1 Å². The van der Waals surface area contributed by atoms with Gasteiger partial charge < -0.3 is 4.74 Å². The first-order chi connectivity index (χ1) is 11.4. The molecule has 128 valence electrons. The zero-order valence-corrected chi connectivity index (χ0v) is 14.7.